The highest BCUT2D eigenvalue weighted by molar-refractivity contribution is 6.43. The number of piperazine rings is 1. The third-order valence-electron chi connectivity index (χ3n) is 5.05. The summed E-state index contributed by atoms with van der Waals surface area (Å²) >= 11 is 0. The first-order valence-electron chi connectivity index (χ1n) is 9.16. The van der Waals surface area contributed by atoms with E-state index in [0.29, 0.717) is 11.4 Å². The molecule has 0 saturated carbocycles. The summed E-state index contributed by atoms with van der Waals surface area (Å²) in [5.74, 6) is -1.35. The van der Waals surface area contributed by atoms with Gasteiger partial charge in [-0.25, -0.2) is 0 Å². The van der Waals surface area contributed by atoms with Crippen molar-refractivity contribution in [2.24, 2.45) is 0 Å². The second-order valence-electron chi connectivity index (χ2n) is 6.99. The molecule has 2 N–H and O–H groups in total. The van der Waals surface area contributed by atoms with Gasteiger partial charge in [0.1, 0.15) is 0 Å². The number of benzene rings is 2. The Morgan fingerprint density at radius 3 is 2.15 bits per heavy atom. The molecule has 0 bridgehead atoms. The molecule has 1 saturated heterocycles. The molecule has 27 heavy (non-hydrogen) atoms. The maximum atomic E-state index is 12.2. The van der Waals surface area contributed by atoms with E-state index in [9.17, 15) is 9.59 Å². The van der Waals surface area contributed by atoms with Crippen molar-refractivity contribution in [2.75, 3.05) is 48.8 Å². The van der Waals surface area contributed by atoms with Gasteiger partial charge in [-0.3, -0.25) is 9.59 Å². The van der Waals surface area contributed by atoms with Gasteiger partial charge in [0.05, 0.1) is 0 Å². The van der Waals surface area contributed by atoms with Crippen LogP contribution in [0.2, 0.25) is 0 Å². The number of hydrogen-bond donors (Lipinski definition) is 2. The van der Waals surface area contributed by atoms with Gasteiger partial charge in [-0.2, -0.15) is 0 Å². The molecule has 3 rings (SSSR count). The molecule has 2 aromatic carbocycles. The zero-order chi connectivity index (χ0) is 19.4. The van der Waals surface area contributed by atoms with Crippen molar-refractivity contribution in [3.8, 4) is 0 Å². The van der Waals surface area contributed by atoms with Crippen molar-refractivity contribution in [2.45, 2.75) is 13.8 Å². The van der Waals surface area contributed by atoms with Crippen molar-refractivity contribution >= 4 is 28.9 Å². The molecule has 0 radical (unpaired) electrons. The summed E-state index contributed by atoms with van der Waals surface area (Å²) in [5.41, 5.74) is 4.40. The predicted octanol–water partition coefficient (Wildman–Crippen LogP) is 2.63. The Balaban J connectivity index is 1.58. The van der Waals surface area contributed by atoms with Crippen LogP contribution in [-0.4, -0.2) is 49.9 Å². The van der Waals surface area contributed by atoms with Crippen LogP contribution in [-0.2, 0) is 9.59 Å². The summed E-state index contributed by atoms with van der Waals surface area (Å²) < 4.78 is 0. The second-order valence-corrected chi connectivity index (χ2v) is 6.99. The normalized spacial score (nSPS) is 14.7. The Bertz CT molecular complexity index is 825. The maximum Gasteiger partial charge on any atom is 0.314 e. The Kier molecular flexibility index (Phi) is 5.76. The van der Waals surface area contributed by atoms with Crippen molar-refractivity contribution in [1.29, 1.82) is 0 Å². The Morgan fingerprint density at radius 1 is 0.852 bits per heavy atom. The molecule has 0 atom stereocenters. The highest BCUT2D eigenvalue weighted by Crippen LogP contribution is 2.20. The van der Waals surface area contributed by atoms with Crippen molar-refractivity contribution in [3.63, 3.8) is 0 Å². The number of nitrogens with one attached hydrogen (secondary N) is 2. The highest BCUT2D eigenvalue weighted by Gasteiger charge is 2.17. The Labute approximate surface area is 160 Å². The molecule has 6 heteroatoms. The lowest BCUT2D eigenvalue weighted by atomic mass is 10.1. The number of carbonyl (C=O) groups is 2. The second kappa shape index (κ2) is 8.22. The van der Waals surface area contributed by atoms with E-state index in [2.05, 4.69) is 27.5 Å². The van der Waals surface area contributed by atoms with E-state index in [0.717, 1.165) is 43.0 Å². The van der Waals surface area contributed by atoms with Gasteiger partial charge in [0.25, 0.3) is 0 Å². The lowest BCUT2D eigenvalue weighted by Gasteiger charge is -2.34. The molecule has 1 aliphatic heterocycles. The molecule has 142 valence electrons. The molecule has 0 unspecified atom stereocenters. The largest absolute Gasteiger partial charge is 0.369 e. The van der Waals surface area contributed by atoms with Crippen LogP contribution in [0.1, 0.15) is 11.1 Å². The van der Waals surface area contributed by atoms with Crippen LogP contribution >= 0.6 is 0 Å². The highest BCUT2D eigenvalue weighted by atomic mass is 16.2. The summed E-state index contributed by atoms with van der Waals surface area (Å²) in [7, 11) is 2.12. The fourth-order valence-corrected chi connectivity index (χ4v) is 3.07. The number of aryl methyl sites for hydroxylation is 1. The monoisotopic (exact) mass is 366 g/mol. The zero-order valence-corrected chi connectivity index (χ0v) is 16.1. The predicted molar refractivity (Wildman–Crippen MR) is 109 cm³/mol. The van der Waals surface area contributed by atoms with E-state index in [1.807, 2.05) is 50.2 Å². The first kappa shape index (κ1) is 18.9. The molecule has 2 aromatic rings. The minimum absolute atomic E-state index is 0.606. The fourth-order valence-electron chi connectivity index (χ4n) is 3.07. The van der Waals surface area contributed by atoms with E-state index in [-0.39, 0.29) is 0 Å². The average Bonchev–Trinajstić information content (AvgIpc) is 2.66. The Hall–Kier alpha value is -2.86. The first-order chi connectivity index (χ1) is 12.9. The van der Waals surface area contributed by atoms with Gasteiger partial charge in [-0.05, 0) is 62.4 Å². The molecule has 0 spiro atoms. The molecule has 1 aliphatic rings. The van der Waals surface area contributed by atoms with Crippen molar-refractivity contribution in [3.05, 3.63) is 53.6 Å². The van der Waals surface area contributed by atoms with Crippen LogP contribution < -0.4 is 15.5 Å². The van der Waals surface area contributed by atoms with E-state index in [1.54, 1.807) is 6.07 Å². The van der Waals surface area contributed by atoms with Crippen molar-refractivity contribution in [1.82, 2.24) is 4.90 Å². The standard InChI is InChI=1S/C21H26N4O2/c1-15-5-4-6-19(16(15)2)23-21(27)20(26)22-17-7-9-18(10-8-17)25-13-11-24(3)12-14-25/h4-10H,11-14H2,1-3H3,(H,22,26)(H,23,27). The topological polar surface area (TPSA) is 64.7 Å². The number of hydrogen-bond acceptors (Lipinski definition) is 4. The smallest absolute Gasteiger partial charge is 0.314 e. The summed E-state index contributed by atoms with van der Waals surface area (Å²) in [6.45, 7) is 7.93. The van der Waals surface area contributed by atoms with Gasteiger partial charge in [-0.15, -0.1) is 0 Å². The van der Waals surface area contributed by atoms with Gasteiger partial charge < -0.3 is 20.4 Å². The molecular weight excluding hydrogens is 340 g/mol. The summed E-state index contributed by atoms with van der Waals surface area (Å²) in [6, 6.07) is 13.2. The van der Waals surface area contributed by atoms with Crippen LogP contribution in [0.5, 0.6) is 0 Å². The lowest BCUT2D eigenvalue weighted by molar-refractivity contribution is -0.133. The van der Waals surface area contributed by atoms with Gasteiger partial charge >= 0.3 is 11.8 Å². The van der Waals surface area contributed by atoms with Crippen LogP contribution in [0, 0.1) is 13.8 Å². The van der Waals surface area contributed by atoms with Crippen LogP contribution in [0.4, 0.5) is 17.1 Å². The van der Waals surface area contributed by atoms with E-state index >= 15 is 0 Å². The molecule has 0 aliphatic carbocycles. The fraction of sp³-hybridized carbons (Fsp3) is 0.333. The van der Waals surface area contributed by atoms with Gasteiger partial charge in [0.2, 0.25) is 0 Å². The molecular formula is C21H26N4O2. The van der Waals surface area contributed by atoms with E-state index in [1.165, 1.54) is 0 Å². The molecule has 1 heterocycles. The molecule has 6 nitrogen and oxygen atoms in total. The summed E-state index contributed by atoms with van der Waals surface area (Å²) in [4.78, 5) is 29.0. The molecule has 0 aromatic heterocycles. The number of carbonyl (C=O) groups excluding carboxylic acids is 2. The Morgan fingerprint density at radius 2 is 1.48 bits per heavy atom. The minimum atomic E-state index is -0.678. The number of likely N-dealkylation sites (N-methyl/N-ethyl adjacent to an activating group) is 1. The number of rotatable bonds is 3. The van der Waals surface area contributed by atoms with Crippen LogP contribution in [0.3, 0.4) is 0 Å². The van der Waals surface area contributed by atoms with Crippen LogP contribution in [0.15, 0.2) is 42.5 Å². The molecule has 1 fully saturated rings. The SMILES string of the molecule is Cc1cccc(NC(=O)C(=O)Nc2ccc(N3CCN(C)CC3)cc2)c1C. The van der Waals surface area contributed by atoms with Gasteiger partial charge in [0, 0.05) is 43.2 Å². The lowest BCUT2D eigenvalue weighted by Crippen LogP contribution is -2.44. The van der Waals surface area contributed by atoms with Gasteiger partial charge in [0.15, 0.2) is 0 Å². The summed E-state index contributed by atoms with van der Waals surface area (Å²) in [5, 5.41) is 5.33. The first-order valence-corrected chi connectivity index (χ1v) is 9.16. The number of nitrogens with zero attached hydrogens (tertiary/aromatic N) is 2. The third kappa shape index (κ3) is 4.65. The van der Waals surface area contributed by atoms with E-state index < -0.39 is 11.8 Å². The van der Waals surface area contributed by atoms with Gasteiger partial charge in [-0.1, -0.05) is 12.1 Å². The quantitative estimate of drug-likeness (QED) is 0.820. The van der Waals surface area contributed by atoms with Crippen LogP contribution in [0.25, 0.3) is 0 Å². The third-order valence-corrected chi connectivity index (χ3v) is 5.05. The van der Waals surface area contributed by atoms with Crippen molar-refractivity contribution < 1.29 is 9.59 Å². The zero-order valence-electron chi connectivity index (χ0n) is 16.1. The molecule has 2 amide bonds. The number of anilines is 3. The van der Waals surface area contributed by atoms with E-state index in [4.69, 9.17) is 0 Å². The maximum absolute atomic E-state index is 12.2. The average molecular weight is 366 g/mol. The number of amides is 2. The summed E-state index contributed by atoms with van der Waals surface area (Å²) in [6.07, 6.45) is 0. The minimum Gasteiger partial charge on any atom is -0.369 e.